The predicted molar refractivity (Wildman–Crippen MR) is 137 cm³/mol. The fraction of sp³-hybridized carbons (Fsp3) is 0.0968. The summed E-state index contributed by atoms with van der Waals surface area (Å²) in [5.41, 5.74) is 14.5. The van der Waals surface area contributed by atoms with Gasteiger partial charge in [0.1, 0.15) is 0 Å². The van der Waals surface area contributed by atoms with E-state index in [-0.39, 0.29) is 0 Å². The number of benzene rings is 5. The third kappa shape index (κ3) is 2.51. The van der Waals surface area contributed by atoms with Crippen molar-refractivity contribution in [2.24, 2.45) is 0 Å². The number of rotatable bonds is 1. The molecule has 0 N–H and O–H groups in total. The van der Waals surface area contributed by atoms with E-state index in [1.807, 2.05) is 0 Å². The van der Waals surface area contributed by atoms with Crippen molar-refractivity contribution < 1.29 is 0 Å². The second kappa shape index (κ2) is 6.71. The lowest BCUT2D eigenvalue weighted by molar-refractivity contribution is 1.15. The second-order valence-corrected chi connectivity index (χ2v) is 9.37. The summed E-state index contributed by atoms with van der Waals surface area (Å²) in [7, 11) is 0. The quantitative estimate of drug-likeness (QED) is 0.331. The lowest BCUT2D eigenvalue weighted by Gasteiger charge is -2.34. The van der Waals surface area contributed by atoms with Crippen molar-refractivity contribution >= 4 is 33.9 Å². The van der Waals surface area contributed by atoms with Gasteiger partial charge in [0.05, 0.1) is 0 Å². The molecule has 0 amide bonds. The summed E-state index contributed by atoms with van der Waals surface area (Å²) in [6, 6.07) is 36.5. The molecule has 5 aromatic carbocycles. The first-order chi connectivity index (χ1) is 15.8. The van der Waals surface area contributed by atoms with Crippen molar-refractivity contribution in [1.29, 1.82) is 0 Å². The lowest BCUT2D eigenvalue weighted by Crippen LogP contribution is -2.61. The summed E-state index contributed by atoms with van der Waals surface area (Å²) >= 11 is 0. The average molecular weight is 406 g/mol. The van der Waals surface area contributed by atoms with Crippen LogP contribution in [0.4, 0.5) is 0 Å². The van der Waals surface area contributed by atoms with Gasteiger partial charge in [-0.1, -0.05) is 113 Å². The van der Waals surface area contributed by atoms with Crippen LogP contribution in [0.15, 0.2) is 97.1 Å². The second-order valence-electron chi connectivity index (χ2n) is 9.37. The first kappa shape index (κ1) is 18.0. The van der Waals surface area contributed by atoms with Crippen molar-refractivity contribution in [1.82, 2.24) is 0 Å². The summed E-state index contributed by atoms with van der Waals surface area (Å²) in [5.74, 6) is 0. The number of hydrogen-bond acceptors (Lipinski definition) is 0. The Bertz CT molecular complexity index is 1470. The molecule has 0 aromatic heterocycles. The molecule has 7 rings (SSSR count). The van der Waals surface area contributed by atoms with E-state index >= 15 is 0 Å². The van der Waals surface area contributed by atoms with Gasteiger partial charge in [0, 0.05) is 0 Å². The lowest BCUT2D eigenvalue weighted by atomic mass is 9.30. The Balaban J connectivity index is 1.52. The smallest absolute Gasteiger partial charge is 0.0667 e. The van der Waals surface area contributed by atoms with Crippen LogP contribution >= 0.6 is 0 Å². The first-order valence-corrected chi connectivity index (χ1v) is 11.6. The van der Waals surface area contributed by atoms with E-state index in [1.165, 1.54) is 60.6 Å². The van der Waals surface area contributed by atoms with Crippen LogP contribution < -0.4 is 16.4 Å². The maximum atomic E-state index is 2.48. The Labute approximate surface area is 189 Å². The highest BCUT2D eigenvalue weighted by molar-refractivity contribution is 6.97. The highest BCUT2D eigenvalue weighted by atomic mass is 14.2. The van der Waals surface area contributed by atoms with Crippen LogP contribution in [-0.2, 0) is 12.8 Å². The van der Waals surface area contributed by atoms with E-state index in [2.05, 4.69) is 104 Å². The van der Waals surface area contributed by atoms with E-state index in [0.29, 0.717) is 6.71 Å². The first-order valence-electron chi connectivity index (χ1n) is 11.6. The third-order valence-corrected chi connectivity index (χ3v) is 7.56. The Kier molecular flexibility index (Phi) is 3.78. The minimum absolute atomic E-state index is 0.359. The molecule has 0 bridgehead atoms. The largest absolute Gasteiger partial charge is 0.242 e. The normalized spacial score (nSPS) is 13.5. The molecule has 5 aromatic rings. The Morgan fingerprint density at radius 3 is 1.84 bits per heavy atom. The SMILES string of the molecule is Cc1cccc2cccc(-c3cc4c5c(c3)Cc3ccccc3B5c3ccccc3C4)c12. The molecule has 0 aliphatic carbocycles. The van der Waals surface area contributed by atoms with E-state index < -0.39 is 0 Å². The molecule has 2 aliphatic rings. The van der Waals surface area contributed by atoms with Gasteiger partial charge in [0.25, 0.3) is 0 Å². The van der Waals surface area contributed by atoms with Crippen LogP contribution in [0.3, 0.4) is 0 Å². The highest BCUT2D eigenvalue weighted by Crippen LogP contribution is 2.34. The maximum absolute atomic E-state index is 2.48. The fourth-order valence-electron chi connectivity index (χ4n) is 6.21. The Morgan fingerprint density at radius 1 is 0.594 bits per heavy atom. The van der Waals surface area contributed by atoms with Gasteiger partial charge in [-0.15, -0.1) is 0 Å². The van der Waals surface area contributed by atoms with Crippen molar-refractivity contribution in [2.45, 2.75) is 19.8 Å². The molecule has 0 saturated carbocycles. The molecular formula is C31H23B. The molecule has 0 spiro atoms. The summed E-state index contributed by atoms with van der Waals surface area (Å²) < 4.78 is 0. The molecule has 1 heteroatoms. The van der Waals surface area contributed by atoms with Gasteiger partial charge >= 0.3 is 0 Å². The molecule has 0 atom stereocenters. The van der Waals surface area contributed by atoms with Crippen molar-refractivity contribution in [3.8, 4) is 11.1 Å². The van der Waals surface area contributed by atoms with Crippen LogP contribution in [0.1, 0.15) is 27.8 Å². The Hall–Kier alpha value is -3.58. The predicted octanol–water partition coefficient (Wildman–Crippen LogP) is 5.14. The molecule has 0 radical (unpaired) electrons. The maximum Gasteiger partial charge on any atom is 0.242 e. The molecule has 32 heavy (non-hydrogen) atoms. The minimum atomic E-state index is 0.359. The molecule has 0 fully saturated rings. The summed E-state index contributed by atoms with van der Waals surface area (Å²) in [6.07, 6.45) is 2.05. The van der Waals surface area contributed by atoms with Crippen LogP contribution in [0, 0.1) is 6.92 Å². The van der Waals surface area contributed by atoms with E-state index in [1.54, 1.807) is 5.46 Å². The zero-order valence-electron chi connectivity index (χ0n) is 18.2. The van der Waals surface area contributed by atoms with E-state index in [9.17, 15) is 0 Å². The number of aryl methyl sites for hydroxylation is 1. The Morgan fingerprint density at radius 2 is 1.19 bits per heavy atom. The van der Waals surface area contributed by atoms with Gasteiger partial charge in [-0.3, -0.25) is 0 Å². The molecule has 0 unspecified atom stereocenters. The molecule has 2 heterocycles. The van der Waals surface area contributed by atoms with E-state index in [0.717, 1.165) is 12.8 Å². The molecule has 150 valence electrons. The molecule has 2 aliphatic heterocycles. The van der Waals surface area contributed by atoms with Gasteiger partial charge in [0.2, 0.25) is 6.71 Å². The van der Waals surface area contributed by atoms with Gasteiger partial charge in [-0.05, 0) is 69.5 Å². The van der Waals surface area contributed by atoms with Crippen molar-refractivity contribution in [3.63, 3.8) is 0 Å². The van der Waals surface area contributed by atoms with Gasteiger partial charge < -0.3 is 0 Å². The number of fused-ring (bicyclic) bond motifs is 5. The van der Waals surface area contributed by atoms with Gasteiger partial charge in [-0.25, -0.2) is 0 Å². The van der Waals surface area contributed by atoms with Crippen LogP contribution in [0.25, 0.3) is 21.9 Å². The van der Waals surface area contributed by atoms with Crippen LogP contribution in [0.5, 0.6) is 0 Å². The van der Waals surface area contributed by atoms with Crippen LogP contribution in [-0.4, -0.2) is 6.71 Å². The van der Waals surface area contributed by atoms with E-state index in [4.69, 9.17) is 0 Å². The average Bonchev–Trinajstić information content (AvgIpc) is 2.83. The summed E-state index contributed by atoms with van der Waals surface area (Å²) in [5, 5.41) is 2.70. The monoisotopic (exact) mass is 406 g/mol. The van der Waals surface area contributed by atoms with Crippen molar-refractivity contribution in [3.05, 3.63) is 125 Å². The minimum Gasteiger partial charge on any atom is -0.0667 e. The fourth-order valence-corrected chi connectivity index (χ4v) is 6.21. The summed E-state index contributed by atoms with van der Waals surface area (Å²) in [6.45, 7) is 2.59. The van der Waals surface area contributed by atoms with Crippen molar-refractivity contribution in [2.75, 3.05) is 0 Å². The number of hydrogen-bond donors (Lipinski definition) is 0. The summed E-state index contributed by atoms with van der Waals surface area (Å²) in [4.78, 5) is 0. The van der Waals surface area contributed by atoms with Gasteiger partial charge in [-0.2, -0.15) is 0 Å². The highest BCUT2D eigenvalue weighted by Gasteiger charge is 2.36. The van der Waals surface area contributed by atoms with Gasteiger partial charge in [0.15, 0.2) is 0 Å². The topological polar surface area (TPSA) is 0 Å². The standard InChI is InChI=1S/C31H23B/c1-20-8-6-11-21-12-7-13-27(30(20)21)24-18-25-16-22-9-2-4-14-28(22)32-29-15-5-3-10-23(29)17-26(19-24)31(25)32/h2-15,18-19H,16-17H2,1H3. The molecular weight excluding hydrogens is 383 g/mol. The van der Waals surface area contributed by atoms with Crippen LogP contribution in [0.2, 0.25) is 0 Å². The third-order valence-electron chi connectivity index (χ3n) is 7.56. The zero-order valence-corrected chi connectivity index (χ0v) is 18.2. The molecule has 0 saturated heterocycles. The zero-order chi connectivity index (χ0) is 21.2. The molecule has 0 nitrogen and oxygen atoms in total.